The quantitative estimate of drug-likeness (QED) is 0.214. The van der Waals surface area contributed by atoms with Gasteiger partial charge in [0.25, 0.3) is 0 Å². The largest absolute Gasteiger partial charge is 0.471 e. The van der Waals surface area contributed by atoms with E-state index < -0.39 is 17.2 Å². The Morgan fingerprint density at radius 2 is 1.53 bits per heavy atom. The normalized spacial score (nSPS) is 23.0. The molecule has 0 spiro atoms. The topological polar surface area (TPSA) is 110 Å². The summed E-state index contributed by atoms with van der Waals surface area (Å²) in [5.41, 5.74) is 1.06. The lowest BCUT2D eigenvalue weighted by Gasteiger charge is -2.35. The highest BCUT2D eigenvalue weighted by molar-refractivity contribution is 9.10. The van der Waals surface area contributed by atoms with Gasteiger partial charge in [-0.1, -0.05) is 25.4 Å². The molecule has 168 valence electrons. The zero-order chi connectivity index (χ0) is 22.5. The van der Waals surface area contributed by atoms with E-state index in [1.807, 2.05) is 14.7 Å². The van der Waals surface area contributed by atoms with Gasteiger partial charge in [0.1, 0.15) is 11.4 Å². The first-order valence-corrected chi connectivity index (χ1v) is 12.5. The van der Waals surface area contributed by atoms with Crippen molar-refractivity contribution >= 4 is 58.5 Å². The highest BCUT2D eigenvalue weighted by Gasteiger charge is 2.47. The van der Waals surface area contributed by atoms with Crippen molar-refractivity contribution in [3.05, 3.63) is 23.2 Å². The van der Waals surface area contributed by atoms with E-state index in [-0.39, 0.29) is 17.4 Å². The Labute approximate surface area is 193 Å². The summed E-state index contributed by atoms with van der Waals surface area (Å²) in [6.07, 6.45) is 1.52. The lowest BCUT2D eigenvalue weighted by atomic mass is 9.98. The van der Waals surface area contributed by atoms with Crippen molar-refractivity contribution in [2.45, 2.75) is 17.8 Å². The van der Waals surface area contributed by atoms with Gasteiger partial charge < -0.3 is 24.5 Å². The molecule has 9 nitrogen and oxygen atoms in total. The van der Waals surface area contributed by atoms with Crippen LogP contribution in [0.1, 0.15) is 13.8 Å². The maximum atomic E-state index is 12.4. The van der Waals surface area contributed by atoms with Gasteiger partial charge in [-0.3, -0.25) is 14.1 Å². The van der Waals surface area contributed by atoms with Crippen LogP contribution >= 0.6 is 47.0 Å². The molecule has 1 unspecified atom stereocenters. The Morgan fingerprint density at radius 3 is 1.93 bits per heavy atom. The van der Waals surface area contributed by atoms with E-state index in [2.05, 4.69) is 20.5 Å². The third-order valence-electron chi connectivity index (χ3n) is 4.84. The Morgan fingerprint density at radius 1 is 1.07 bits per heavy atom. The first kappa shape index (κ1) is 24.0. The van der Waals surface area contributed by atoms with Crippen molar-refractivity contribution in [1.29, 1.82) is 0 Å². The minimum Gasteiger partial charge on any atom is -0.365 e. The zero-order valence-electron chi connectivity index (χ0n) is 16.5. The minimum absolute atomic E-state index is 0.00546. The lowest BCUT2D eigenvalue weighted by Crippen LogP contribution is -2.37. The van der Waals surface area contributed by atoms with Crippen LogP contribution in [-0.4, -0.2) is 85.2 Å². The van der Waals surface area contributed by atoms with Gasteiger partial charge in [-0.25, -0.2) is 4.57 Å². The molecule has 0 radical (unpaired) electrons. The highest BCUT2D eigenvalue weighted by atomic mass is 79.9. The molecule has 1 atom stereocenters. The van der Waals surface area contributed by atoms with Gasteiger partial charge >= 0.3 is 7.82 Å². The molecule has 3 heterocycles. The predicted molar refractivity (Wildman–Crippen MR) is 115 cm³/mol. The fraction of sp³-hybridized carbons (Fsp3) is 0.647. The zero-order valence-corrected chi connectivity index (χ0v) is 20.5. The molecule has 0 aromatic carbocycles. The molecule has 3 fully saturated rings. The fourth-order valence-electron chi connectivity index (χ4n) is 2.63. The van der Waals surface area contributed by atoms with Crippen molar-refractivity contribution < 1.29 is 28.5 Å². The second-order valence-corrected chi connectivity index (χ2v) is 11.5. The number of ketones is 2. The third kappa shape index (κ3) is 5.59. The van der Waals surface area contributed by atoms with Gasteiger partial charge in [-0.05, 0) is 15.9 Å². The van der Waals surface area contributed by atoms with Crippen molar-refractivity contribution in [3.8, 4) is 0 Å². The Balaban J connectivity index is 0.000000180. The molecule has 0 amide bonds. The van der Waals surface area contributed by atoms with Crippen LogP contribution in [0.2, 0.25) is 0 Å². The number of Topliss-reactive ketones (excluding diaryl/α,β-unsaturated/α-hetero) is 1. The van der Waals surface area contributed by atoms with Gasteiger partial charge in [0.05, 0.1) is 5.70 Å². The minimum atomic E-state index is -4.63. The first-order chi connectivity index (χ1) is 13.8. The number of carbonyl (C=O) groups excluding carboxylic acids is 2. The molecule has 2 N–H and O–H groups in total. The molecular formula is C17H23BrCl2N3O6P. The smallest absolute Gasteiger partial charge is 0.365 e. The van der Waals surface area contributed by atoms with E-state index in [0.717, 1.165) is 39.3 Å². The average molecular weight is 547 g/mol. The van der Waals surface area contributed by atoms with Gasteiger partial charge in [0, 0.05) is 56.6 Å². The molecule has 0 saturated carbocycles. The standard InChI is InChI=1S/C12H13N3O2.C5H10BrCl2O4P/c16-9-7-8(13-1-2-13)12(17)11(15-5-6-15)10(9)14-3-4-14;1-4(2,3-7)5(6,8)12-13(9,10)11/h7H,1-6H2;3H2,1-2H3,(H2,9,10,11). The van der Waals surface area contributed by atoms with Crippen LogP contribution in [0.3, 0.4) is 0 Å². The number of rotatable bonds is 7. The van der Waals surface area contributed by atoms with Crippen molar-refractivity contribution in [2.75, 3.05) is 45.1 Å². The molecule has 1 aliphatic carbocycles. The Hall–Kier alpha value is -0.610. The Bertz CT molecular complexity index is 860. The molecular weight excluding hydrogens is 524 g/mol. The van der Waals surface area contributed by atoms with Crippen LogP contribution in [0.5, 0.6) is 0 Å². The van der Waals surface area contributed by atoms with Crippen LogP contribution in [0.15, 0.2) is 23.2 Å². The molecule has 3 aliphatic heterocycles. The van der Waals surface area contributed by atoms with Gasteiger partial charge in [-0.2, -0.15) is 0 Å². The van der Waals surface area contributed by atoms with Crippen LogP contribution in [-0.2, 0) is 18.7 Å². The predicted octanol–water partition coefficient (Wildman–Crippen LogP) is 1.83. The summed E-state index contributed by atoms with van der Waals surface area (Å²) in [4.78, 5) is 47.6. The molecule has 13 heteroatoms. The maximum absolute atomic E-state index is 12.4. The summed E-state index contributed by atoms with van der Waals surface area (Å²) in [5, 5.41) is 0. The Kier molecular flexibility index (Phi) is 6.72. The number of phosphoric acid groups is 1. The molecule has 4 rings (SSSR count). The van der Waals surface area contributed by atoms with Crippen LogP contribution < -0.4 is 0 Å². The average Bonchev–Trinajstić information content (AvgIpc) is 3.45. The van der Waals surface area contributed by atoms with Crippen LogP contribution in [0.4, 0.5) is 0 Å². The summed E-state index contributed by atoms with van der Waals surface area (Å²) in [6.45, 7) is 8.62. The number of carbonyl (C=O) groups is 2. The molecule has 4 aliphatic rings. The second kappa shape index (κ2) is 8.39. The van der Waals surface area contributed by atoms with Crippen LogP contribution in [0, 0.1) is 5.41 Å². The molecule has 30 heavy (non-hydrogen) atoms. The van der Waals surface area contributed by atoms with Crippen LogP contribution in [0.25, 0.3) is 0 Å². The summed E-state index contributed by atoms with van der Waals surface area (Å²) in [7, 11) is -4.63. The fourth-order valence-corrected chi connectivity index (χ4v) is 4.63. The van der Waals surface area contributed by atoms with Crippen molar-refractivity contribution in [3.63, 3.8) is 0 Å². The summed E-state index contributed by atoms with van der Waals surface area (Å²) < 4.78 is 13.2. The number of nitrogens with zero attached hydrogens (tertiary/aromatic N) is 3. The third-order valence-corrected chi connectivity index (χ3v) is 8.21. The van der Waals surface area contributed by atoms with E-state index in [1.54, 1.807) is 13.8 Å². The van der Waals surface area contributed by atoms with E-state index in [4.69, 9.17) is 33.0 Å². The van der Waals surface area contributed by atoms with E-state index in [0.29, 0.717) is 17.1 Å². The van der Waals surface area contributed by atoms with E-state index >= 15 is 0 Å². The first-order valence-electron chi connectivity index (χ1n) is 9.27. The summed E-state index contributed by atoms with van der Waals surface area (Å²) in [6, 6.07) is 0. The number of hydrogen-bond acceptors (Lipinski definition) is 7. The maximum Gasteiger partial charge on any atom is 0.471 e. The number of halogens is 3. The van der Waals surface area contributed by atoms with Crippen molar-refractivity contribution in [1.82, 2.24) is 14.7 Å². The number of alkyl halides is 3. The lowest BCUT2D eigenvalue weighted by molar-refractivity contribution is -0.117. The number of phosphoric ester groups is 1. The summed E-state index contributed by atoms with van der Waals surface area (Å²) in [5.74, 6) is 0.134. The van der Waals surface area contributed by atoms with E-state index in [9.17, 15) is 14.2 Å². The molecule has 0 aromatic rings. The SMILES string of the molecule is CC(C)(CCl)C(Cl)(Br)OP(=O)(O)O.O=C1C=C(N2CC2)C(=O)C(N2CC2)=C1N1CC1. The number of allylic oxidation sites excluding steroid dienone is 1. The molecule has 0 bridgehead atoms. The van der Waals surface area contributed by atoms with Crippen molar-refractivity contribution in [2.24, 2.45) is 5.41 Å². The number of hydrogen-bond donors (Lipinski definition) is 2. The molecule has 3 saturated heterocycles. The second-order valence-electron chi connectivity index (χ2n) is 8.00. The monoisotopic (exact) mass is 545 g/mol. The van der Waals surface area contributed by atoms with Gasteiger partial charge in [0.15, 0.2) is 0 Å². The van der Waals surface area contributed by atoms with Gasteiger partial charge in [0.2, 0.25) is 15.5 Å². The summed E-state index contributed by atoms with van der Waals surface area (Å²) >= 11 is 14.2. The van der Waals surface area contributed by atoms with E-state index in [1.165, 1.54) is 6.08 Å². The van der Waals surface area contributed by atoms with Gasteiger partial charge in [-0.15, -0.1) is 11.6 Å². The highest BCUT2D eigenvalue weighted by Crippen LogP contribution is 2.53. The molecule has 0 aromatic heterocycles.